The molecular formula is C16H23NO3. The van der Waals surface area contributed by atoms with Crippen LogP contribution in [0, 0.1) is 5.92 Å². The molecule has 0 unspecified atom stereocenters. The number of hydrogen-bond donors (Lipinski definition) is 1. The fraction of sp³-hybridized carbons (Fsp3) is 0.562. The smallest absolute Gasteiger partial charge is 0.306 e. The number of hydrogen-bond acceptors (Lipinski definition) is 4. The minimum absolute atomic E-state index is 0.0978. The highest BCUT2D eigenvalue weighted by molar-refractivity contribution is 5.69. The molecule has 2 rings (SSSR count). The molecule has 4 heteroatoms. The largest absolute Gasteiger partial charge is 0.497 e. The number of nitrogens with one attached hydrogen (secondary N) is 1. The minimum atomic E-state index is -0.0978. The van der Waals surface area contributed by atoms with Gasteiger partial charge in [0.25, 0.3) is 0 Å². The highest BCUT2D eigenvalue weighted by Crippen LogP contribution is 2.18. The molecule has 1 heterocycles. The van der Waals surface area contributed by atoms with Crippen molar-refractivity contribution in [2.45, 2.75) is 32.3 Å². The summed E-state index contributed by atoms with van der Waals surface area (Å²) >= 11 is 0. The maximum atomic E-state index is 11.7. The minimum Gasteiger partial charge on any atom is -0.497 e. The molecule has 0 amide bonds. The molecule has 1 N–H and O–H groups in total. The summed E-state index contributed by atoms with van der Waals surface area (Å²) < 4.78 is 10.4. The third-order valence-electron chi connectivity index (χ3n) is 3.77. The average Bonchev–Trinajstić information content (AvgIpc) is 2.52. The Balaban J connectivity index is 1.66. The van der Waals surface area contributed by atoms with E-state index in [0.717, 1.165) is 30.8 Å². The van der Waals surface area contributed by atoms with Crippen LogP contribution in [0.5, 0.6) is 5.75 Å². The van der Waals surface area contributed by atoms with E-state index in [1.54, 1.807) is 7.11 Å². The van der Waals surface area contributed by atoms with Crippen molar-refractivity contribution in [3.05, 3.63) is 29.8 Å². The third-order valence-corrected chi connectivity index (χ3v) is 3.77. The van der Waals surface area contributed by atoms with Gasteiger partial charge in [0.1, 0.15) is 12.4 Å². The highest BCUT2D eigenvalue weighted by Gasteiger charge is 2.14. The van der Waals surface area contributed by atoms with Crippen LogP contribution in [0.4, 0.5) is 0 Å². The molecule has 1 aliphatic heterocycles. The van der Waals surface area contributed by atoms with Crippen LogP contribution < -0.4 is 10.1 Å². The summed E-state index contributed by atoms with van der Waals surface area (Å²) in [7, 11) is 1.63. The second-order valence-electron chi connectivity index (χ2n) is 5.24. The van der Waals surface area contributed by atoms with Crippen molar-refractivity contribution in [1.82, 2.24) is 5.32 Å². The van der Waals surface area contributed by atoms with E-state index < -0.39 is 0 Å². The van der Waals surface area contributed by atoms with Gasteiger partial charge in [-0.25, -0.2) is 0 Å². The van der Waals surface area contributed by atoms with E-state index in [9.17, 15) is 4.79 Å². The van der Waals surface area contributed by atoms with E-state index in [0.29, 0.717) is 18.9 Å². The van der Waals surface area contributed by atoms with Gasteiger partial charge in [0.2, 0.25) is 0 Å². The first-order valence-corrected chi connectivity index (χ1v) is 7.27. The van der Waals surface area contributed by atoms with Crippen molar-refractivity contribution in [2.75, 3.05) is 20.2 Å². The van der Waals surface area contributed by atoms with Gasteiger partial charge >= 0.3 is 5.97 Å². The summed E-state index contributed by atoms with van der Waals surface area (Å²) in [6, 6.07) is 7.58. The number of piperidine rings is 1. The molecule has 0 bridgehead atoms. The summed E-state index contributed by atoms with van der Waals surface area (Å²) in [6.07, 6.45) is 3.82. The first-order valence-electron chi connectivity index (χ1n) is 7.27. The van der Waals surface area contributed by atoms with Crippen LogP contribution in [0.1, 0.15) is 31.2 Å². The van der Waals surface area contributed by atoms with Crippen molar-refractivity contribution in [3.63, 3.8) is 0 Å². The number of rotatable bonds is 6. The van der Waals surface area contributed by atoms with Crippen LogP contribution in [0.25, 0.3) is 0 Å². The lowest BCUT2D eigenvalue weighted by Gasteiger charge is -2.21. The Bertz CT molecular complexity index is 410. The predicted molar refractivity (Wildman–Crippen MR) is 77.6 cm³/mol. The lowest BCUT2D eigenvalue weighted by molar-refractivity contribution is -0.145. The fourth-order valence-electron chi connectivity index (χ4n) is 2.45. The first kappa shape index (κ1) is 14.9. The molecule has 0 radical (unpaired) electrons. The van der Waals surface area contributed by atoms with Crippen LogP contribution in [-0.2, 0) is 16.1 Å². The van der Waals surface area contributed by atoms with Crippen molar-refractivity contribution < 1.29 is 14.3 Å². The summed E-state index contributed by atoms with van der Waals surface area (Å²) in [5.74, 6) is 1.38. The molecule has 20 heavy (non-hydrogen) atoms. The first-order chi connectivity index (χ1) is 9.78. The molecular weight excluding hydrogens is 254 g/mol. The Morgan fingerprint density at radius 1 is 1.25 bits per heavy atom. The SMILES string of the molecule is COc1ccc(COC(=O)CCC2CCNCC2)cc1. The summed E-state index contributed by atoms with van der Waals surface area (Å²) in [4.78, 5) is 11.7. The summed E-state index contributed by atoms with van der Waals surface area (Å²) in [6.45, 7) is 2.49. The highest BCUT2D eigenvalue weighted by atomic mass is 16.5. The fourth-order valence-corrected chi connectivity index (χ4v) is 2.45. The van der Waals surface area contributed by atoms with Crippen LogP contribution in [0.3, 0.4) is 0 Å². The van der Waals surface area contributed by atoms with Gasteiger partial charge in [0.05, 0.1) is 7.11 Å². The number of methoxy groups -OCH3 is 1. The van der Waals surface area contributed by atoms with Crippen LogP contribution in [-0.4, -0.2) is 26.2 Å². The zero-order chi connectivity index (χ0) is 14.2. The van der Waals surface area contributed by atoms with Crippen molar-refractivity contribution in [2.24, 2.45) is 5.92 Å². The van der Waals surface area contributed by atoms with Gasteiger partial charge in [-0.1, -0.05) is 12.1 Å². The Kier molecular flexibility index (Phi) is 5.87. The van der Waals surface area contributed by atoms with Gasteiger partial charge in [-0.05, 0) is 56.0 Å². The van der Waals surface area contributed by atoms with E-state index >= 15 is 0 Å². The molecule has 1 fully saturated rings. The Morgan fingerprint density at radius 3 is 2.60 bits per heavy atom. The summed E-state index contributed by atoms with van der Waals surface area (Å²) in [5, 5.41) is 3.33. The second-order valence-corrected chi connectivity index (χ2v) is 5.24. The van der Waals surface area contributed by atoms with Gasteiger partial charge in [0.15, 0.2) is 0 Å². The van der Waals surface area contributed by atoms with E-state index in [2.05, 4.69) is 5.32 Å². The number of benzene rings is 1. The molecule has 0 aromatic heterocycles. The molecule has 0 aliphatic carbocycles. The lowest BCUT2D eigenvalue weighted by atomic mass is 9.93. The predicted octanol–water partition coefficient (Wildman–Crippen LogP) is 2.52. The molecule has 0 spiro atoms. The van der Waals surface area contributed by atoms with Gasteiger partial charge in [-0.2, -0.15) is 0 Å². The molecule has 1 aliphatic rings. The maximum Gasteiger partial charge on any atom is 0.306 e. The third kappa shape index (κ3) is 4.85. The number of esters is 1. The number of carbonyl (C=O) groups excluding carboxylic acids is 1. The van der Waals surface area contributed by atoms with Crippen LogP contribution in [0.2, 0.25) is 0 Å². The molecule has 1 aromatic carbocycles. The normalized spacial score (nSPS) is 15.8. The zero-order valence-corrected chi connectivity index (χ0v) is 12.1. The van der Waals surface area contributed by atoms with E-state index in [1.165, 1.54) is 12.8 Å². The van der Waals surface area contributed by atoms with E-state index in [1.807, 2.05) is 24.3 Å². The van der Waals surface area contributed by atoms with E-state index in [4.69, 9.17) is 9.47 Å². The van der Waals surface area contributed by atoms with Crippen LogP contribution >= 0.6 is 0 Å². The molecule has 0 saturated carbocycles. The van der Waals surface area contributed by atoms with Gasteiger partial charge in [-0.15, -0.1) is 0 Å². The molecule has 1 aromatic rings. The molecule has 1 saturated heterocycles. The lowest BCUT2D eigenvalue weighted by Crippen LogP contribution is -2.28. The average molecular weight is 277 g/mol. The monoisotopic (exact) mass is 277 g/mol. The van der Waals surface area contributed by atoms with Gasteiger partial charge < -0.3 is 14.8 Å². The van der Waals surface area contributed by atoms with Crippen molar-refractivity contribution in [1.29, 1.82) is 0 Å². The quantitative estimate of drug-likeness (QED) is 0.812. The Morgan fingerprint density at radius 2 is 1.95 bits per heavy atom. The zero-order valence-electron chi connectivity index (χ0n) is 12.1. The number of ether oxygens (including phenoxy) is 2. The van der Waals surface area contributed by atoms with Gasteiger partial charge in [-0.3, -0.25) is 4.79 Å². The topological polar surface area (TPSA) is 47.6 Å². The number of carbonyl (C=O) groups is 1. The molecule has 0 atom stereocenters. The standard InChI is InChI=1S/C16H23NO3/c1-19-15-5-2-14(3-6-15)12-20-16(18)7-4-13-8-10-17-11-9-13/h2-3,5-6,13,17H,4,7-12H2,1H3. The Labute approximate surface area is 120 Å². The van der Waals surface area contributed by atoms with Crippen molar-refractivity contribution in [3.8, 4) is 5.75 Å². The van der Waals surface area contributed by atoms with Gasteiger partial charge in [0, 0.05) is 6.42 Å². The van der Waals surface area contributed by atoms with E-state index in [-0.39, 0.29) is 5.97 Å². The van der Waals surface area contributed by atoms with Crippen molar-refractivity contribution >= 4 is 5.97 Å². The van der Waals surface area contributed by atoms with Crippen LogP contribution in [0.15, 0.2) is 24.3 Å². The second kappa shape index (κ2) is 7.90. The molecule has 110 valence electrons. The summed E-state index contributed by atoms with van der Waals surface area (Å²) in [5.41, 5.74) is 0.987. The molecule has 4 nitrogen and oxygen atoms in total. The maximum absolute atomic E-state index is 11.7. The Hall–Kier alpha value is -1.55.